The van der Waals surface area contributed by atoms with E-state index >= 15 is 0 Å². The Kier molecular flexibility index (Phi) is 5.21. The molecule has 1 atom stereocenters. The van der Waals surface area contributed by atoms with Gasteiger partial charge in [0, 0.05) is 23.8 Å². The molecule has 0 saturated heterocycles. The fraction of sp³-hybridized carbons (Fsp3) is 0.167. The van der Waals surface area contributed by atoms with Gasteiger partial charge in [0.25, 0.3) is 11.6 Å². The molecule has 10 heteroatoms. The van der Waals surface area contributed by atoms with Gasteiger partial charge in [-0.2, -0.15) is 0 Å². The normalized spacial score (nSPS) is 11.6. The Morgan fingerprint density at radius 1 is 1.21 bits per heavy atom. The number of benzene rings is 1. The predicted octanol–water partition coefficient (Wildman–Crippen LogP) is 3.34. The van der Waals surface area contributed by atoms with E-state index in [2.05, 4.69) is 10.5 Å². The number of nitrogens with zero attached hydrogens (tertiary/aromatic N) is 2. The Bertz CT molecular complexity index is 1020. The molecule has 10 nitrogen and oxygen atoms in total. The summed E-state index contributed by atoms with van der Waals surface area (Å²) in [4.78, 5) is 34.4. The summed E-state index contributed by atoms with van der Waals surface area (Å²) in [6.07, 6.45) is -1.10. The predicted molar refractivity (Wildman–Crippen MR) is 95.5 cm³/mol. The molecule has 0 saturated carbocycles. The number of non-ortho nitro benzene ring substituents is 1. The highest BCUT2D eigenvalue weighted by molar-refractivity contribution is 5.96. The van der Waals surface area contributed by atoms with E-state index in [0.29, 0.717) is 17.1 Å². The Morgan fingerprint density at radius 3 is 2.54 bits per heavy atom. The van der Waals surface area contributed by atoms with Gasteiger partial charge >= 0.3 is 5.97 Å². The molecule has 2 heterocycles. The lowest BCUT2D eigenvalue weighted by Gasteiger charge is -2.11. The molecule has 1 aromatic carbocycles. The number of anilines is 1. The zero-order valence-corrected chi connectivity index (χ0v) is 14.9. The first kappa shape index (κ1) is 18.8. The standard InChI is InChI=1S/C18H15N3O7/c1-10-9-16(20-28-10)19-17(22)11(2)26-18(23)15-8-7-14(27-15)12-3-5-13(6-4-12)21(24)25/h3-9,11H,1-2H3,(H,19,20,22)/t11-/m0/s1. The van der Waals surface area contributed by atoms with Gasteiger partial charge in [0.15, 0.2) is 11.9 Å². The molecule has 3 rings (SSSR count). The van der Waals surface area contributed by atoms with E-state index in [1.807, 2.05) is 0 Å². The SMILES string of the molecule is Cc1cc(NC(=O)[C@H](C)OC(=O)c2ccc(-c3ccc([N+](=O)[O-])cc3)o2)no1. The van der Waals surface area contributed by atoms with E-state index in [4.69, 9.17) is 13.7 Å². The molecule has 0 fully saturated rings. The Morgan fingerprint density at radius 2 is 1.93 bits per heavy atom. The molecule has 3 aromatic rings. The molecule has 2 aromatic heterocycles. The number of amides is 1. The van der Waals surface area contributed by atoms with Gasteiger partial charge in [-0.15, -0.1) is 0 Å². The second kappa shape index (κ2) is 7.74. The average Bonchev–Trinajstić information content (AvgIpc) is 3.31. The Hall–Kier alpha value is -3.95. The summed E-state index contributed by atoms with van der Waals surface area (Å²) in [6.45, 7) is 3.08. The molecule has 0 bridgehead atoms. The monoisotopic (exact) mass is 385 g/mol. The molecule has 1 amide bonds. The second-order valence-electron chi connectivity index (χ2n) is 5.83. The van der Waals surface area contributed by atoms with Gasteiger partial charge in [0.1, 0.15) is 11.5 Å². The minimum absolute atomic E-state index is 0.0583. The average molecular weight is 385 g/mol. The largest absolute Gasteiger partial charge is 0.449 e. The number of nitro benzene ring substituents is 1. The van der Waals surface area contributed by atoms with Gasteiger partial charge in [-0.1, -0.05) is 5.16 Å². The van der Waals surface area contributed by atoms with Gasteiger partial charge in [-0.25, -0.2) is 4.79 Å². The van der Waals surface area contributed by atoms with Crippen LogP contribution in [-0.2, 0) is 9.53 Å². The fourth-order valence-corrected chi connectivity index (χ4v) is 2.28. The number of furan rings is 1. The summed E-state index contributed by atoms with van der Waals surface area (Å²) in [5.74, 6) is -0.448. The number of carbonyl (C=O) groups excluding carboxylic acids is 2. The van der Waals surface area contributed by atoms with Crippen molar-refractivity contribution in [3.63, 3.8) is 0 Å². The molecule has 1 N–H and O–H groups in total. The first-order valence-electron chi connectivity index (χ1n) is 8.13. The molecule has 0 radical (unpaired) electrons. The summed E-state index contributed by atoms with van der Waals surface area (Å²) in [5, 5.41) is 16.8. The second-order valence-corrected chi connectivity index (χ2v) is 5.83. The summed E-state index contributed by atoms with van der Waals surface area (Å²) in [5.41, 5.74) is 0.494. The third kappa shape index (κ3) is 4.23. The van der Waals surface area contributed by atoms with Crippen LogP contribution < -0.4 is 5.32 Å². The van der Waals surface area contributed by atoms with Gasteiger partial charge in [0.2, 0.25) is 5.76 Å². The number of hydrogen-bond donors (Lipinski definition) is 1. The zero-order chi connectivity index (χ0) is 20.3. The van der Waals surface area contributed by atoms with Gasteiger partial charge < -0.3 is 19.0 Å². The van der Waals surface area contributed by atoms with Crippen LogP contribution >= 0.6 is 0 Å². The highest BCUT2D eigenvalue weighted by atomic mass is 16.6. The number of aromatic nitrogens is 1. The molecule has 28 heavy (non-hydrogen) atoms. The number of carbonyl (C=O) groups is 2. The van der Waals surface area contributed by atoms with Crippen molar-refractivity contribution in [2.24, 2.45) is 0 Å². The van der Waals surface area contributed by atoms with Crippen molar-refractivity contribution >= 4 is 23.4 Å². The maximum Gasteiger partial charge on any atom is 0.375 e. The fourth-order valence-electron chi connectivity index (χ4n) is 2.28. The van der Waals surface area contributed by atoms with Crippen LogP contribution in [0.15, 0.2) is 51.4 Å². The van der Waals surface area contributed by atoms with Crippen molar-refractivity contribution in [3.8, 4) is 11.3 Å². The summed E-state index contributed by atoms with van der Waals surface area (Å²) in [7, 11) is 0. The first-order valence-corrected chi connectivity index (χ1v) is 8.13. The lowest BCUT2D eigenvalue weighted by atomic mass is 10.1. The Labute approximate surface area is 158 Å². The number of aryl methyl sites for hydroxylation is 1. The lowest BCUT2D eigenvalue weighted by Crippen LogP contribution is -2.30. The topological polar surface area (TPSA) is 138 Å². The van der Waals surface area contributed by atoms with E-state index in [9.17, 15) is 19.7 Å². The molecular weight excluding hydrogens is 370 g/mol. The summed E-state index contributed by atoms with van der Waals surface area (Å²) < 4.78 is 15.4. The number of hydrogen-bond acceptors (Lipinski definition) is 8. The molecule has 144 valence electrons. The third-order valence-corrected chi connectivity index (χ3v) is 3.70. The van der Waals surface area contributed by atoms with Crippen LogP contribution in [0.4, 0.5) is 11.5 Å². The molecule has 0 aliphatic heterocycles. The van der Waals surface area contributed by atoms with E-state index in [1.165, 1.54) is 49.4 Å². The van der Waals surface area contributed by atoms with Gasteiger partial charge in [-0.3, -0.25) is 14.9 Å². The minimum Gasteiger partial charge on any atom is -0.449 e. The molecule has 0 spiro atoms. The number of nitro groups is 1. The van der Waals surface area contributed by atoms with E-state index in [1.54, 1.807) is 6.92 Å². The summed E-state index contributed by atoms with van der Waals surface area (Å²) in [6, 6.07) is 10.1. The molecule has 0 unspecified atom stereocenters. The quantitative estimate of drug-likeness (QED) is 0.387. The lowest BCUT2D eigenvalue weighted by molar-refractivity contribution is -0.384. The number of ether oxygens (including phenoxy) is 1. The maximum atomic E-state index is 12.2. The smallest absolute Gasteiger partial charge is 0.375 e. The van der Waals surface area contributed by atoms with Crippen molar-refractivity contribution in [1.29, 1.82) is 0 Å². The van der Waals surface area contributed by atoms with Crippen molar-refractivity contribution in [2.45, 2.75) is 20.0 Å². The first-order chi connectivity index (χ1) is 13.3. The zero-order valence-electron chi connectivity index (χ0n) is 14.9. The number of rotatable bonds is 6. The van der Waals surface area contributed by atoms with Crippen LogP contribution in [-0.4, -0.2) is 28.1 Å². The Balaban J connectivity index is 1.63. The number of esters is 1. The highest BCUT2D eigenvalue weighted by Crippen LogP contribution is 2.25. The van der Waals surface area contributed by atoms with Gasteiger partial charge in [-0.05, 0) is 38.1 Å². The number of nitrogens with one attached hydrogen (secondary N) is 1. The van der Waals surface area contributed by atoms with Crippen LogP contribution in [0.25, 0.3) is 11.3 Å². The van der Waals surface area contributed by atoms with E-state index < -0.39 is 22.9 Å². The molecular formula is C18H15N3O7. The highest BCUT2D eigenvalue weighted by Gasteiger charge is 2.22. The van der Waals surface area contributed by atoms with Crippen molar-refractivity contribution < 1.29 is 28.2 Å². The minimum atomic E-state index is -1.10. The molecule has 0 aliphatic carbocycles. The van der Waals surface area contributed by atoms with Gasteiger partial charge in [0.05, 0.1) is 4.92 Å². The van der Waals surface area contributed by atoms with Crippen LogP contribution in [0, 0.1) is 17.0 Å². The van der Waals surface area contributed by atoms with Crippen LogP contribution in [0.2, 0.25) is 0 Å². The van der Waals surface area contributed by atoms with Crippen molar-refractivity contribution in [1.82, 2.24) is 5.16 Å². The van der Waals surface area contributed by atoms with Crippen molar-refractivity contribution in [2.75, 3.05) is 5.32 Å². The maximum absolute atomic E-state index is 12.2. The van der Waals surface area contributed by atoms with E-state index in [0.717, 1.165) is 0 Å². The van der Waals surface area contributed by atoms with Crippen LogP contribution in [0.3, 0.4) is 0 Å². The van der Waals surface area contributed by atoms with Crippen molar-refractivity contribution in [3.05, 3.63) is 64.1 Å². The molecule has 0 aliphatic rings. The van der Waals surface area contributed by atoms with Crippen LogP contribution in [0.5, 0.6) is 0 Å². The van der Waals surface area contributed by atoms with Crippen LogP contribution in [0.1, 0.15) is 23.2 Å². The summed E-state index contributed by atoms with van der Waals surface area (Å²) >= 11 is 0. The van der Waals surface area contributed by atoms with E-state index in [-0.39, 0.29) is 17.3 Å². The third-order valence-electron chi connectivity index (χ3n) is 3.70.